The Hall–Kier alpha value is -1.21. The van der Waals surface area contributed by atoms with E-state index in [0.29, 0.717) is 0 Å². The molecule has 6 heteroatoms. The first-order valence-corrected chi connectivity index (χ1v) is 9.70. The van der Waals surface area contributed by atoms with E-state index in [1.165, 1.54) is 7.11 Å². The van der Waals surface area contributed by atoms with Gasteiger partial charge in [-0.3, -0.25) is 4.79 Å². The molecular formula is C21H38O6. The Morgan fingerprint density at radius 1 is 1.00 bits per heavy atom. The molecule has 0 saturated heterocycles. The number of esters is 1. The molecule has 0 unspecified atom stereocenters. The van der Waals surface area contributed by atoms with Crippen LogP contribution in [0.3, 0.4) is 0 Å². The Kier molecular flexibility index (Phi) is 16.2. The maximum Gasteiger partial charge on any atom is 0.312 e. The predicted molar refractivity (Wildman–Crippen MR) is 106 cm³/mol. The summed E-state index contributed by atoms with van der Waals surface area (Å²) in [7, 11) is 3.11. The maximum absolute atomic E-state index is 12.7. The molecule has 4 atom stereocenters. The lowest BCUT2D eigenvalue weighted by Gasteiger charge is -2.29. The molecule has 0 spiro atoms. The van der Waals surface area contributed by atoms with Crippen molar-refractivity contribution in [3.63, 3.8) is 0 Å². The van der Waals surface area contributed by atoms with E-state index in [-0.39, 0.29) is 31.8 Å². The number of hydrogen-bond acceptors (Lipinski definition) is 6. The average molecular weight is 387 g/mol. The second kappa shape index (κ2) is 16.9. The van der Waals surface area contributed by atoms with E-state index in [4.69, 9.17) is 23.7 Å². The van der Waals surface area contributed by atoms with Crippen LogP contribution in [-0.2, 0) is 28.5 Å². The van der Waals surface area contributed by atoms with E-state index in [0.717, 1.165) is 38.5 Å². The lowest BCUT2D eigenvalue weighted by molar-refractivity contribution is -0.176. The summed E-state index contributed by atoms with van der Waals surface area (Å²) in [6.07, 6.45) is 7.76. The van der Waals surface area contributed by atoms with Gasteiger partial charge in [-0.1, -0.05) is 31.9 Å². The molecule has 0 saturated carbocycles. The Bertz CT molecular complexity index is 398. The normalized spacial score (nSPS) is 15.6. The average Bonchev–Trinajstić information content (AvgIpc) is 2.68. The third-order valence-corrected chi connectivity index (χ3v) is 4.30. The highest BCUT2D eigenvalue weighted by molar-refractivity contribution is 5.73. The van der Waals surface area contributed by atoms with Crippen LogP contribution in [0, 0.1) is 5.92 Å². The third kappa shape index (κ3) is 11.3. The first kappa shape index (κ1) is 25.8. The highest BCUT2D eigenvalue weighted by Gasteiger charge is 2.30. The van der Waals surface area contributed by atoms with Gasteiger partial charge in [-0.25, -0.2) is 0 Å². The van der Waals surface area contributed by atoms with Gasteiger partial charge in [-0.15, -0.1) is 13.2 Å². The molecule has 6 nitrogen and oxygen atoms in total. The van der Waals surface area contributed by atoms with E-state index in [2.05, 4.69) is 20.1 Å². The summed E-state index contributed by atoms with van der Waals surface area (Å²) in [5.41, 5.74) is 0. The van der Waals surface area contributed by atoms with Crippen LogP contribution in [0.15, 0.2) is 25.3 Å². The van der Waals surface area contributed by atoms with Crippen molar-refractivity contribution in [3.05, 3.63) is 25.3 Å². The molecule has 0 aromatic heterocycles. The summed E-state index contributed by atoms with van der Waals surface area (Å²) in [4.78, 5) is 12.7. The summed E-state index contributed by atoms with van der Waals surface area (Å²) in [6, 6.07) is 0. The number of carbonyl (C=O) groups is 1. The monoisotopic (exact) mass is 386 g/mol. The van der Waals surface area contributed by atoms with Crippen LogP contribution < -0.4 is 0 Å². The molecule has 0 fully saturated rings. The first-order chi connectivity index (χ1) is 13.0. The fourth-order valence-electron chi connectivity index (χ4n) is 2.68. The molecule has 158 valence electrons. The Morgan fingerprint density at radius 2 is 1.67 bits per heavy atom. The van der Waals surface area contributed by atoms with Crippen molar-refractivity contribution in [1.29, 1.82) is 0 Å². The minimum absolute atomic E-state index is 0.0904. The number of hydrogen-bond donors (Lipinski definition) is 0. The number of ether oxygens (including phenoxy) is 5. The van der Waals surface area contributed by atoms with Gasteiger partial charge in [-0.05, 0) is 32.6 Å². The van der Waals surface area contributed by atoms with Crippen LogP contribution in [0.25, 0.3) is 0 Å². The molecule has 0 aliphatic rings. The lowest BCUT2D eigenvalue weighted by atomic mass is 10.0. The zero-order chi connectivity index (χ0) is 20.5. The van der Waals surface area contributed by atoms with E-state index in [1.54, 1.807) is 20.1 Å². The van der Waals surface area contributed by atoms with E-state index in [9.17, 15) is 4.79 Å². The minimum atomic E-state index is -0.492. The van der Waals surface area contributed by atoms with Crippen LogP contribution in [-0.4, -0.2) is 52.1 Å². The molecule has 0 radical (unpaired) electrons. The highest BCUT2D eigenvalue weighted by atomic mass is 16.7. The van der Waals surface area contributed by atoms with Gasteiger partial charge in [-0.2, -0.15) is 0 Å². The van der Waals surface area contributed by atoms with E-state index < -0.39 is 12.0 Å². The molecule has 0 heterocycles. The van der Waals surface area contributed by atoms with Gasteiger partial charge in [0.15, 0.2) is 0 Å². The molecule has 27 heavy (non-hydrogen) atoms. The van der Waals surface area contributed by atoms with E-state index >= 15 is 0 Å². The highest BCUT2D eigenvalue weighted by Crippen LogP contribution is 2.21. The number of methoxy groups -OCH3 is 2. The number of carbonyl (C=O) groups excluding carboxylic acids is 1. The van der Waals surface area contributed by atoms with Gasteiger partial charge in [0, 0.05) is 14.2 Å². The second-order valence-electron chi connectivity index (χ2n) is 6.51. The summed E-state index contributed by atoms with van der Waals surface area (Å²) in [5, 5.41) is 0. The van der Waals surface area contributed by atoms with Gasteiger partial charge in [0.1, 0.15) is 19.7 Å². The Labute approximate surface area is 164 Å². The third-order valence-electron chi connectivity index (χ3n) is 4.30. The van der Waals surface area contributed by atoms with Crippen LogP contribution in [0.5, 0.6) is 0 Å². The Balaban J connectivity index is 5.07. The smallest absolute Gasteiger partial charge is 0.312 e. The maximum atomic E-state index is 12.7. The molecule has 0 aromatic carbocycles. The molecule has 0 rings (SSSR count). The van der Waals surface area contributed by atoms with Gasteiger partial charge < -0.3 is 23.7 Å². The van der Waals surface area contributed by atoms with Gasteiger partial charge in [0.05, 0.1) is 18.1 Å². The molecule has 0 aromatic rings. The van der Waals surface area contributed by atoms with Gasteiger partial charge in [0.2, 0.25) is 0 Å². The largest absolute Gasteiger partial charge is 0.459 e. The molecule has 0 N–H and O–H groups in total. The summed E-state index contributed by atoms with van der Waals surface area (Å²) >= 11 is 0. The van der Waals surface area contributed by atoms with Crippen molar-refractivity contribution in [3.8, 4) is 0 Å². The van der Waals surface area contributed by atoms with Crippen molar-refractivity contribution in [1.82, 2.24) is 0 Å². The number of rotatable bonds is 18. The van der Waals surface area contributed by atoms with Crippen molar-refractivity contribution >= 4 is 5.97 Å². The zero-order valence-electron chi connectivity index (χ0n) is 17.5. The predicted octanol–water partition coefficient (Wildman–Crippen LogP) is 4.25. The second-order valence-corrected chi connectivity index (χ2v) is 6.51. The van der Waals surface area contributed by atoms with Crippen LogP contribution in [0.4, 0.5) is 0 Å². The van der Waals surface area contributed by atoms with E-state index in [1.807, 2.05) is 6.08 Å². The van der Waals surface area contributed by atoms with Crippen molar-refractivity contribution < 1.29 is 28.5 Å². The standard InChI is InChI=1S/C21H38O6/c1-7-10-12-14-20(19(13-11-8-2)26-16-24-6)27-21(22)17(4)18(9-3)25-15-23-5/h8-9,17-20H,2-3,7,10-16H2,1,4-6H3/t17-,18+,19-,20+/m0/s1. The summed E-state index contributed by atoms with van der Waals surface area (Å²) < 4.78 is 27.1. The summed E-state index contributed by atoms with van der Waals surface area (Å²) in [6.45, 7) is 11.7. The Morgan fingerprint density at radius 3 is 2.22 bits per heavy atom. The SMILES string of the molecule is C=CCC[C@H](OCOC)[C@@H](CCCCC)OC(=O)[C@@H](C)[C@@H](C=C)OCOC. The minimum Gasteiger partial charge on any atom is -0.459 e. The quantitative estimate of drug-likeness (QED) is 0.152. The van der Waals surface area contributed by atoms with Gasteiger partial charge >= 0.3 is 5.97 Å². The molecular weight excluding hydrogens is 348 g/mol. The van der Waals surface area contributed by atoms with Crippen LogP contribution in [0.1, 0.15) is 52.4 Å². The lowest BCUT2D eigenvalue weighted by Crippen LogP contribution is -2.38. The topological polar surface area (TPSA) is 63.2 Å². The number of allylic oxidation sites excluding steroid dienone is 1. The molecule has 0 aliphatic carbocycles. The molecule has 0 bridgehead atoms. The molecule has 0 amide bonds. The van der Waals surface area contributed by atoms with Crippen molar-refractivity contribution in [2.45, 2.75) is 70.7 Å². The van der Waals surface area contributed by atoms with Crippen molar-refractivity contribution in [2.24, 2.45) is 5.92 Å². The zero-order valence-corrected chi connectivity index (χ0v) is 17.5. The molecule has 0 aliphatic heterocycles. The van der Waals surface area contributed by atoms with Crippen LogP contribution >= 0.6 is 0 Å². The fraction of sp³-hybridized carbons (Fsp3) is 0.762. The number of unbranched alkanes of at least 4 members (excludes halogenated alkanes) is 2. The van der Waals surface area contributed by atoms with Crippen LogP contribution in [0.2, 0.25) is 0 Å². The summed E-state index contributed by atoms with van der Waals surface area (Å²) in [5.74, 6) is -0.823. The van der Waals surface area contributed by atoms with Gasteiger partial charge in [0.25, 0.3) is 0 Å². The van der Waals surface area contributed by atoms with Crippen molar-refractivity contribution in [2.75, 3.05) is 27.8 Å². The first-order valence-electron chi connectivity index (χ1n) is 9.70. The fourth-order valence-corrected chi connectivity index (χ4v) is 2.68.